The van der Waals surface area contributed by atoms with Crippen LogP contribution in [0, 0.1) is 0 Å². The van der Waals surface area contributed by atoms with Crippen LogP contribution < -0.4 is 4.74 Å². The first-order valence-electron chi connectivity index (χ1n) is 7.36. The maximum absolute atomic E-state index is 10.00. The van der Waals surface area contributed by atoms with Crippen molar-refractivity contribution in [2.45, 2.75) is 25.9 Å². The average Bonchev–Trinajstić information content (AvgIpc) is 2.46. The van der Waals surface area contributed by atoms with E-state index in [1.165, 1.54) is 5.56 Å². The molecule has 1 saturated heterocycles. The summed E-state index contributed by atoms with van der Waals surface area (Å²) in [6.45, 7) is 8.60. The van der Waals surface area contributed by atoms with E-state index in [4.69, 9.17) is 9.47 Å². The van der Waals surface area contributed by atoms with Gasteiger partial charge in [-0.1, -0.05) is 26.0 Å². The quantitative estimate of drug-likeness (QED) is 0.874. The van der Waals surface area contributed by atoms with Gasteiger partial charge < -0.3 is 14.6 Å². The van der Waals surface area contributed by atoms with E-state index >= 15 is 0 Å². The number of morpholine rings is 1. The van der Waals surface area contributed by atoms with E-state index in [9.17, 15) is 5.11 Å². The summed E-state index contributed by atoms with van der Waals surface area (Å²) in [5, 5.41) is 10.00. The van der Waals surface area contributed by atoms with Crippen LogP contribution in [0.1, 0.15) is 25.3 Å². The molecular formula is C16H26ClNO3. The third-order valence-electron chi connectivity index (χ3n) is 3.56. The van der Waals surface area contributed by atoms with Crippen molar-refractivity contribution in [3.8, 4) is 5.75 Å². The van der Waals surface area contributed by atoms with Crippen molar-refractivity contribution in [3.05, 3.63) is 29.8 Å². The highest BCUT2D eigenvalue weighted by atomic mass is 35.5. The van der Waals surface area contributed by atoms with Gasteiger partial charge in [0.05, 0.1) is 13.2 Å². The second-order valence-corrected chi connectivity index (χ2v) is 5.60. The van der Waals surface area contributed by atoms with E-state index in [0.717, 1.165) is 32.1 Å². The standard InChI is InChI=1S/C16H25NO3.ClH/c1-13(2)14-3-5-16(6-4-14)20-12-15(18)11-17-7-9-19-10-8-17;/h3-6,13,15,18H,7-12H2,1-2H3;1H. The second-order valence-electron chi connectivity index (χ2n) is 5.60. The molecule has 0 aliphatic carbocycles. The third-order valence-corrected chi connectivity index (χ3v) is 3.56. The molecule has 1 atom stereocenters. The minimum Gasteiger partial charge on any atom is -0.491 e. The highest BCUT2D eigenvalue weighted by Crippen LogP contribution is 2.18. The van der Waals surface area contributed by atoms with Crippen LogP contribution >= 0.6 is 12.4 Å². The lowest BCUT2D eigenvalue weighted by Crippen LogP contribution is -2.42. The first-order chi connectivity index (χ1) is 9.65. The van der Waals surface area contributed by atoms with Crippen molar-refractivity contribution >= 4 is 12.4 Å². The summed E-state index contributed by atoms with van der Waals surface area (Å²) < 4.78 is 10.9. The summed E-state index contributed by atoms with van der Waals surface area (Å²) in [5.41, 5.74) is 1.30. The SMILES string of the molecule is CC(C)c1ccc(OCC(O)CN2CCOCC2)cc1.Cl. The smallest absolute Gasteiger partial charge is 0.119 e. The molecule has 1 aliphatic rings. The van der Waals surface area contributed by atoms with Gasteiger partial charge in [0, 0.05) is 19.6 Å². The van der Waals surface area contributed by atoms with Gasteiger partial charge in [-0.25, -0.2) is 0 Å². The average molecular weight is 316 g/mol. The Morgan fingerprint density at radius 3 is 2.38 bits per heavy atom. The predicted octanol–water partition coefficient (Wildman–Crippen LogP) is 2.30. The van der Waals surface area contributed by atoms with Gasteiger partial charge in [0.15, 0.2) is 0 Å². The Bertz CT molecular complexity index is 391. The predicted molar refractivity (Wildman–Crippen MR) is 86.5 cm³/mol. The van der Waals surface area contributed by atoms with E-state index in [-0.39, 0.29) is 12.4 Å². The van der Waals surface area contributed by atoms with Crippen molar-refractivity contribution in [2.24, 2.45) is 0 Å². The van der Waals surface area contributed by atoms with Crippen molar-refractivity contribution < 1.29 is 14.6 Å². The monoisotopic (exact) mass is 315 g/mol. The normalized spacial score (nSPS) is 17.3. The molecule has 0 saturated carbocycles. The van der Waals surface area contributed by atoms with Gasteiger partial charge >= 0.3 is 0 Å². The number of nitrogens with zero attached hydrogens (tertiary/aromatic N) is 1. The van der Waals surface area contributed by atoms with Gasteiger partial charge in [-0.15, -0.1) is 12.4 Å². The minimum atomic E-state index is -0.460. The Kier molecular flexibility index (Phi) is 8.04. The Morgan fingerprint density at radius 2 is 1.81 bits per heavy atom. The molecule has 1 aliphatic heterocycles. The van der Waals surface area contributed by atoms with E-state index in [1.54, 1.807) is 0 Å². The molecule has 5 heteroatoms. The molecule has 1 unspecified atom stereocenters. The molecule has 120 valence electrons. The zero-order valence-electron chi connectivity index (χ0n) is 12.8. The van der Waals surface area contributed by atoms with Crippen LogP contribution in [0.15, 0.2) is 24.3 Å². The Morgan fingerprint density at radius 1 is 1.19 bits per heavy atom. The molecule has 21 heavy (non-hydrogen) atoms. The lowest BCUT2D eigenvalue weighted by Gasteiger charge is -2.28. The summed E-state index contributed by atoms with van der Waals surface area (Å²) in [6.07, 6.45) is -0.460. The topological polar surface area (TPSA) is 41.9 Å². The van der Waals surface area contributed by atoms with Crippen LogP contribution in [0.4, 0.5) is 0 Å². The molecule has 0 amide bonds. The van der Waals surface area contributed by atoms with Crippen molar-refractivity contribution in [1.29, 1.82) is 0 Å². The largest absolute Gasteiger partial charge is 0.491 e. The van der Waals surface area contributed by atoms with E-state index in [2.05, 4.69) is 30.9 Å². The number of benzene rings is 1. The summed E-state index contributed by atoms with van der Waals surface area (Å²) in [6, 6.07) is 8.09. The number of aliphatic hydroxyl groups is 1. The molecule has 1 aromatic rings. The summed E-state index contributed by atoms with van der Waals surface area (Å²) in [7, 11) is 0. The molecule has 1 N–H and O–H groups in total. The molecule has 0 bridgehead atoms. The Hall–Kier alpha value is -0.810. The lowest BCUT2D eigenvalue weighted by molar-refractivity contribution is 0.00465. The summed E-state index contributed by atoms with van der Waals surface area (Å²) in [4.78, 5) is 2.21. The third kappa shape index (κ3) is 6.22. The maximum Gasteiger partial charge on any atom is 0.119 e. The fraction of sp³-hybridized carbons (Fsp3) is 0.625. The molecule has 1 fully saturated rings. The Labute approximate surface area is 133 Å². The Balaban J connectivity index is 0.00000220. The van der Waals surface area contributed by atoms with Crippen LogP contribution in [0.5, 0.6) is 5.75 Å². The number of β-amino-alcohol motifs (C(OH)–C–C–N with tert-alkyl or cyclic N) is 1. The van der Waals surface area contributed by atoms with Crippen LogP contribution in [0.2, 0.25) is 0 Å². The minimum absolute atomic E-state index is 0. The first kappa shape index (κ1) is 18.2. The molecule has 2 rings (SSSR count). The number of ether oxygens (including phenoxy) is 2. The van der Waals surface area contributed by atoms with Crippen molar-refractivity contribution in [3.63, 3.8) is 0 Å². The number of rotatable bonds is 6. The van der Waals surface area contributed by atoms with Gasteiger partial charge in [0.1, 0.15) is 18.5 Å². The number of hydrogen-bond donors (Lipinski definition) is 1. The molecule has 0 radical (unpaired) electrons. The zero-order chi connectivity index (χ0) is 14.4. The highest BCUT2D eigenvalue weighted by Gasteiger charge is 2.15. The number of hydrogen-bond acceptors (Lipinski definition) is 4. The van der Waals surface area contributed by atoms with Gasteiger partial charge in [0.2, 0.25) is 0 Å². The van der Waals surface area contributed by atoms with E-state index < -0.39 is 6.10 Å². The summed E-state index contributed by atoms with van der Waals surface area (Å²) in [5.74, 6) is 1.34. The lowest BCUT2D eigenvalue weighted by atomic mass is 10.0. The maximum atomic E-state index is 10.00. The summed E-state index contributed by atoms with van der Waals surface area (Å²) >= 11 is 0. The fourth-order valence-electron chi connectivity index (χ4n) is 2.28. The molecule has 1 aromatic carbocycles. The van der Waals surface area contributed by atoms with Gasteiger partial charge in [-0.05, 0) is 23.6 Å². The van der Waals surface area contributed by atoms with Gasteiger partial charge in [0.25, 0.3) is 0 Å². The van der Waals surface area contributed by atoms with Crippen molar-refractivity contribution in [1.82, 2.24) is 4.90 Å². The van der Waals surface area contributed by atoms with Gasteiger partial charge in [-0.3, -0.25) is 4.90 Å². The molecular weight excluding hydrogens is 290 g/mol. The second kappa shape index (κ2) is 9.26. The van der Waals surface area contributed by atoms with Crippen LogP contribution in [-0.4, -0.2) is 55.6 Å². The fourth-order valence-corrected chi connectivity index (χ4v) is 2.28. The van der Waals surface area contributed by atoms with Gasteiger partial charge in [-0.2, -0.15) is 0 Å². The van der Waals surface area contributed by atoms with Crippen molar-refractivity contribution in [2.75, 3.05) is 39.5 Å². The zero-order valence-corrected chi connectivity index (χ0v) is 13.6. The van der Waals surface area contributed by atoms with Crippen LogP contribution in [-0.2, 0) is 4.74 Å². The molecule has 0 spiro atoms. The molecule has 4 nitrogen and oxygen atoms in total. The molecule has 0 aromatic heterocycles. The van der Waals surface area contributed by atoms with E-state index in [0.29, 0.717) is 19.1 Å². The van der Waals surface area contributed by atoms with Crippen LogP contribution in [0.25, 0.3) is 0 Å². The van der Waals surface area contributed by atoms with E-state index in [1.807, 2.05) is 12.1 Å². The first-order valence-corrected chi connectivity index (χ1v) is 7.36. The molecule has 1 heterocycles. The highest BCUT2D eigenvalue weighted by molar-refractivity contribution is 5.85. The number of halogens is 1. The number of aliphatic hydroxyl groups excluding tert-OH is 1. The van der Waals surface area contributed by atoms with Crippen LogP contribution in [0.3, 0.4) is 0 Å².